The molecule has 0 aliphatic carbocycles. The molecule has 1 heterocycles. The first-order chi connectivity index (χ1) is 11.0. The van der Waals surface area contributed by atoms with Crippen LogP contribution in [0.1, 0.15) is 11.3 Å². The molecule has 1 aromatic heterocycles. The summed E-state index contributed by atoms with van der Waals surface area (Å²) >= 11 is 1.26. The van der Waals surface area contributed by atoms with Crippen molar-refractivity contribution in [3.8, 4) is 0 Å². The predicted molar refractivity (Wildman–Crippen MR) is 83.2 cm³/mol. The Kier molecular flexibility index (Phi) is 5.47. The fourth-order valence-corrected chi connectivity index (χ4v) is 2.58. The lowest BCUT2D eigenvalue weighted by Gasteiger charge is -2.04. The lowest BCUT2D eigenvalue weighted by atomic mass is 10.2. The van der Waals surface area contributed by atoms with Crippen LogP contribution in [0.3, 0.4) is 0 Å². The summed E-state index contributed by atoms with van der Waals surface area (Å²) in [7, 11) is 1.26. The maximum absolute atomic E-state index is 11.6. The highest BCUT2D eigenvalue weighted by Crippen LogP contribution is 2.20. The Bertz CT molecular complexity index is 773. The van der Waals surface area contributed by atoms with E-state index >= 15 is 0 Å². The molecule has 0 bridgehead atoms. The molecule has 0 spiro atoms. The third kappa shape index (κ3) is 4.92. The van der Waals surface area contributed by atoms with Gasteiger partial charge in [0.2, 0.25) is 0 Å². The van der Waals surface area contributed by atoms with Crippen LogP contribution >= 0.6 is 11.8 Å². The highest BCUT2D eigenvalue weighted by molar-refractivity contribution is 7.98. The number of rotatable bonds is 6. The summed E-state index contributed by atoms with van der Waals surface area (Å²) in [6, 6.07) is 7.36. The van der Waals surface area contributed by atoms with Gasteiger partial charge < -0.3 is 9.72 Å². The molecule has 0 fully saturated rings. The van der Waals surface area contributed by atoms with Crippen LogP contribution in [0.5, 0.6) is 0 Å². The molecule has 0 atom stereocenters. The summed E-state index contributed by atoms with van der Waals surface area (Å²) in [6.45, 7) is 0. The van der Waals surface area contributed by atoms with E-state index in [9.17, 15) is 19.7 Å². The predicted octanol–water partition coefficient (Wildman–Crippen LogP) is 1.69. The second-order valence-corrected chi connectivity index (χ2v) is 5.47. The summed E-state index contributed by atoms with van der Waals surface area (Å²) in [5.41, 5.74) is 0.837. The third-order valence-electron chi connectivity index (χ3n) is 2.85. The zero-order chi connectivity index (χ0) is 16.8. The summed E-state index contributed by atoms with van der Waals surface area (Å²) in [5, 5.41) is 11.0. The van der Waals surface area contributed by atoms with Crippen LogP contribution in [0.25, 0.3) is 0 Å². The number of esters is 1. The lowest BCUT2D eigenvalue weighted by Crippen LogP contribution is -2.13. The molecule has 1 N–H and O–H groups in total. The van der Waals surface area contributed by atoms with E-state index in [1.54, 1.807) is 12.1 Å². The summed E-state index contributed by atoms with van der Waals surface area (Å²) in [5.74, 6) is -0.00258. The van der Waals surface area contributed by atoms with E-state index in [0.717, 1.165) is 5.56 Å². The fourth-order valence-electron chi connectivity index (χ4n) is 1.73. The molecular weight excluding hydrogens is 322 g/mol. The molecule has 0 saturated heterocycles. The SMILES string of the molecule is COC(=O)Cc1cc(=O)[nH]c(SCc2ccc([N+](=O)[O-])cc2)n1. The van der Waals surface area contributed by atoms with Crippen LogP contribution < -0.4 is 5.56 Å². The van der Waals surface area contributed by atoms with Crippen molar-refractivity contribution in [1.82, 2.24) is 9.97 Å². The van der Waals surface area contributed by atoms with Gasteiger partial charge >= 0.3 is 5.97 Å². The van der Waals surface area contributed by atoms with E-state index in [4.69, 9.17) is 0 Å². The molecule has 2 aromatic rings. The summed E-state index contributed by atoms with van der Waals surface area (Å²) in [6.07, 6.45) is -0.0779. The first-order valence-corrected chi connectivity index (χ1v) is 7.49. The standard InChI is InChI=1S/C14H13N3O5S/c1-22-13(19)7-10-6-12(18)16-14(15-10)23-8-9-2-4-11(5-3-9)17(20)21/h2-6H,7-8H2,1H3,(H,15,16,18). The summed E-state index contributed by atoms with van der Waals surface area (Å²) in [4.78, 5) is 39.7. The Balaban J connectivity index is 2.06. The van der Waals surface area contributed by atoms with Crippen molar-refractivity contribution in [2.24, 2.45) is 0 Å². The molecule has 120 valence electrons. The van der Waals surface area contributed by atoms with Crippen molar-refractivity contribution in [3.05, 3.63) is 62.1 Å². The number of H-pyrrole nitrogens is 1. The van der Waals surface area contributed by atoms with Gasteiger partial charge in [0.05, 0.1) is 24.1 Å². The maximum Gasteiger partial charge on any atom is 0.311 e. The van der Waals surface area contributed by atoms with Gasteiger partial charge in [0.1, 0.15) is 0 Å². The number of nitro benzene ring substituents is 1. The smallest absolute Gasteiger partial charge is 0.311 e. The Morgan fingerprint density at radius 3 is 2.70 bits per heavy atom. The van der Waals surface area contributed by atoms with Crippen LogP contribution in [0.2, 0.25) is 0 Å². The van der Waals surface area contributed by atoms with Gasteiger partial charge in [0.15, 0.2) is 5.16 Å². The Morgan fingerprint density at radius 1 is 1.39 bits per heavy atom. The molecule has 0 aliphatic rings. The zero-order valence-corrected chi connectivity index (χ0v) is 13.0. The monoisotopic (exact) mass is 335 g/mol. The topological polar surface area (TPSA) is 115 Å². The minimum atomic E-state index is -0.477. The molecular formula is C14H13N3O5S. The number of nitrogens with one attached hydrogen (secondary N) is 1. The first kappa shape index (κ1) is 16.7. The molecule has 2 rings (SSSR count). The maximum atomic E-state index is 11.6. The number of nitro groups is 1. The van der Waals surface area contributed by atoms with Gasteiger partial charge in [-0.05, 0) is 5.56 Å². The number of hydrogen-bond donors (Lipinski definition) is 1. The van der Waals surface area contributed by atoms with Gasteiger partial charge in [0.25, 0.3) is 11.2 Å². The van der Waals surface area contributed by atoms with Crippen molar-refractivity contribution < 1.29 is 14.5 Å². The molecule has 9 heteroatoms. The third-order valence-corrected chi connectivity index (χ3v) is 3.79. The fraction of sp³-hybridized carbons (Fsp3) is 0.214. The van der Waals surface area contributed by atoms with Crippen molar-refractivity contribution in [2.45, 2.75) is 17.3 Å². The number of methoxy groups -OCH3 is 1. The van der Waals surface area contributed by atoms with Gasteiger partial charge in [-0.2, -0.15) is 0 Å². The molecule has 0 saturated carbocycles. The average Bonchev–Trinajstić information content (AvgIpc) is 2.52. The Hall–Kier alpha value is -2.68. The van der Waals surface area contributed by atoms with E-state index in [-0.39, 0.29) is 17.7 Å². The van der Waals surface area contributed by atoms with Crippen LogP contribution in [0, 0.1) is 10.1 Å². The largest absolute Gasteiger partial charge is 0.469 e. The highest BCUT2D eigenvalue weighted by Gasteiger charge is 2.09. The van der Waals surface area contributed by atoms with Gasteiger partial charge in [0, 0.05) is 24.0 Å². The Labute approximate surface area is 135 Å². The number of aromatic amines is 1. The second kappa shape index (κ2) is 7.54. The molecule has 0 unspecified atom stereocenters. The molecule has 0 aliphatic heterocycles. The minimum absolute atomic E-state index is 0.0188. The van der Waals surface area contributed by atoms with Crippen molar-refractivity contribution in [1.29, 1.82) is 0 Å². The number of nitrogens with zero attached hydrogens (tertiary/aromatic N) is 2. The minimum Gasteiger partial charge on any atom is -0.469 e. The van der Waals surface area contributed by atoms with Crippen molar-refractivity contribution >= 4 is 23.4 Å². The number of carbonyl (C=O) groups excluding carboxylic acids is 1. The number of thioether (sulfide) groups is 1. The highest BCUT2D eigenvalue weighted by atomic mass is 32.2. The van der Waals surface area contributed by atoms with Crippen LogP contribution in [0.4, 0.5) is 5.69 Å². The first-order valence-electron chi connectivity index (χ1n) is 6.51. The molecule has 0 amide bonds. The number of aromatic nitrogens is 2. The summed E-state index contributed by atoms with van der Waals surface area (Å²) < 4.78 is 4.54. The average molecular weight is 335 g/mol. The normalized spacial score (nSPS) is 10.3. The van der Waals surface area contributed by atoms with Crippen LogP contribution in [-0.4, -0.2) is 28.0 Å². The van der Waals surface area contributed by atoms with E-state index in [1.165, 1.54) is 37.1 Å². The lowest BCUT2D eigenvalue weighted by molar-refractivity contribution is -0.384. The molecule has 23 heavy (non-hydrogen) atoms. The molecule has 1 aromatic carbocycles. The number of hydrogen-bond acceptors (Lipinski definition) is 7. The quantitative estimate of drug-likeness (QED) is 0.281. The second-order valence-electron chi connectivity index (χ2n) is 4.51. The van der Waals surface area contributed by atoms with Crippen LogP contribution in [-0.2, 0) is 21.7 Å². The van der Waals surface area contributed by atoms with E-state index in [1.807, 2.05) is 0 Å². The van der Waals surface area contributed by atoms with E-state index < -0.39 is 10.9 Å². The van der Waals surface area contributed by atoms with Gasteiger partial charge in [-0.3, -0.25) is 19.7 Å². The van der Waals surface area contributed by atoms with E-state index in [2.05, 4.69) is 14.7 Å². The number of carbonyl (C=O) groups is 1. The zero-order valence-electron chi connectivity index (χ0n) is 12.1. The Morgan fingerprint density at radius 2 is 2.09 bits per heavy atom. The van der Waals surface area contributed by atoms with Gasteiger partial charge in [-0.15, -0.1) is 0 Å². The van der Waals surface area contributed by atoms with Gasteiger partial charge in [-0.25, -0.2) is 4.98 Å². The van der Waals surface area contributed by atoms with Crippen LogP contribution in [0.15, 0.2) is 40.3 Å². The van der Waals surface area contributed by atoms with E-state index in [0.29, 0.717) is 16.6 Å². The van der Waals surface area contributed by atoms with Gasteiger partial charge in [-0.1, -0.05) is 23.9 Å². The number of benzene rings is 1. The van der Waals surface area contributed by atoms with Crippen molar-refractivity contribution in [2.75, 3.05) is 7.11 Å². The number of non-ortho nitro benzene ring substituents is 1. The molecule has 0 radical (unpaired) electrons. The molecule has 8 nitrogen and oxygen atoms in total. The number of ether oxygens (including phenoxy) is 1. The van der Waals surface area contributed by atoms with Crippen molar-refractivity contribution in [3.63, 3.8) is 0 Å².